The number of nitrogens with one attached hydrogen (secondary N) is 2. The zero-order valence-electron chi connectivity index (χ0n) is 17.3. The van der Waals surface area contributed by atoms with Gasteiger partial charge >= 0.3 is 5.97 Å². The number of ether oxygens (including phenoxy) is 1. The van der Waals surface area contributed by atoms with Crippen LogP contribution in [-0.4, -0.2) is 49.8 Å². The molecule has 0 spiro atoms. The molecular weight excluding hydrogens is 394 g/mol. The molecule has 1 heterocycles. The second kappa shape index (κ2) is 9.23. The number of aromatic nitrogens is 1. The molecule has 0 aliphatic rings. The van der Waals surface area contributed by atoms with Crippen LogP contribution in [0.25, 0.3) is 0 Å². The molecule has 0 atom stereocenters. The highest BCUT2D eigenvalue weighted by Gasteiger charge is 2.33. The highest BCUT2D eigenvalue weighted by atomic mass is 32.2. The zero-order valence-corrected chi connectivity index (χ0v) is 18.1. The monoisotopic (exact) mass is 421 g/mol. The number of hydrogen-bond acceptors (Lipinski definition) is 5. The van der Waals surface area contributed by atoms with Crippen LogP contribution in [0.5, 0.6) is 0 Å². The quantitative estimate of drug-likeness (QED) is 0.637. The van der Waals surface area contributed by atoms with Crippen molar-refractivity contribution in [2.75, 3.05) is 25.5 Å². The van der Waals surface area contributed by atoms with Gasteiger partial charge in [-0.25, -0.2) is 13.2 Å². The summed E-state index contributed by atoms with van der Waals surface area (Å²) in [5.74, 6) is -1.20. The average Bonchev–Trinajstić information content (AvgIpc) is 2.96. The number of H-pyrrole nitrogens is 1. The van der Waals surface area contributed by atoms with Gasteiger partial charge in [-0.3, -0.25) is 4.79 Å². The van der Waals surface area contributed by atoms with Crippen molar-refractivity contribution in [3.8, 4) is 0 Å². The third kappa shape index (κ3) is 5.04. The van der Waals surface area contributed by atoms with E-state index in [0.717, 1.165) is 16.3 Å². The fourth-order valence-corrected chi connectivity index (χ4v) is 4.57. The molecule has 0 fully saturated rings. The number of carbonyl (C=O) groups excluding carboxylic acids is 2. The van der Waals surface area contributed by atoms with E-state index in [1.54, 1.807) is 26.8 Å². The predicted octanol–water partition coefficient (Wildman–Crippen LogP) is 2.63. The van der Waals surface area contributed by atoms with Crippen molar-refractivity contribution in [2.24, 2.45) is 0 Å². The van der Waals surface area contributed by atoms with Crippen LogP contribution in [0.1, 0.15) is 41.2 Å². The Labute approximate surface area is 171 Å². The van der Waals surface area contributed by atoms with Gasteiger partial charge in [-0.05, 0) is 44.9 Å². The van der Waals surface area contributed by atoms with Gasteiger partial charge in [0.25, 0.3) is 0 Å². The maximum atomic E-state index is 13.1. The van der Waals surface area contributed by atoms with E-state index in [9.17, 15) is 18.0 Å². The minimum absolute atomic E-state index is 0.0349. The Morgan fingerprint density at radius 2 is 1.86 bits per heavy atom. The van der Waals surface area contributed by atoms with Gasteiger partial charge in [0.05, 0.1) is 13.2 Å². The van der Waals surface area contributed by atoms with E-state index >= 15 is 0 Å². The molecule has 2 rings (SSSR count). The lowest BCUT2D eigenvalue weighted by Crippen LogP contribution is -2.35. The second-order valence-electron chi connectivity index (χ2n) is 6.66. The molecule has 1 amide bonds. The van der Waals surface area contributed by atoms with Crippen molar-refractivity contribution in [1.82, 2.24) is 9.29 Å². The number of anilines is 1. The maximum Gasteiger partial charge on any atom is 0.341 e. The Kier molecular flexibility index (Phi) is 7.21. The van der Waals surface area contributed by atoms with Crippen LogP contribution in [0.3, 0.4) is 0 Å². The lowest BCUT2D eigenvalue weighted by Gasteiger charge is -2.18. The molecular formula is C20H27N3O5S. The number of carbonyl (C=O) groups is 2. The Morgan fingerprint density at radius 3 is 2.48 bits per heavy atom. The first-order chi connectivity index (χ1) is 13.6. The molecule has 0 aliphatic carbocycles. The van der Waals surface area contributed by atoms with Crippen molar-refractivity contribution >= 4 is 27.6 Å². The van der Waals surface area contributed by atoms with Crippen molar-refractivity contribution in [2.45, 2.75) is 39.0 Å². The summed E-state index contributed by atoms with van der Waals surface area (Å²) in [5.41, 5.74) is 2.33. The summed E-state index contributed by atoms with van der Waals surface area (Å²) in [6.45, 7) is 6.54. The zero-order chi connectivity index (χ0) is 21.8. The van der Waals surface area contributed by atoms with Gasteiger partial charge in [-0.15, -0.1) is 0 Å². The maximum absolute atomic E-state index is 13.1. The van der Waals surface area contributed by atoms with Crippen molar-refractivity contribution < 1.29 is 22.7 Å². The Bertz CT molecular complexity index is 1010. The van der Waals surface area contributed by atoms with E-state index in [4.69, 9.17) is 4.74 Å². The van der Waals surface area contributed by atoms with Gasteiger partial charge in [-0.1, -0.05) is 19.1 Å². The summed E-state index contributed by atoms with van der Waals surface area (Å²) in [4.78, 5) is 27.4. The first-order valence-corrected chi connectivity index (χ1v) is 10.8. The number of aromatic amines is 1. The van der Waals surface area contributed by atoms with Gasteiger partial charge in [0.1, 0.15) is 10.5 Å². The van der Waals surface area contributed by atoms with E-state index in [0.29, 0.717) is 17.1 Å². The van der Waals surface area contributed by atoms with Gasteiger partial charge in [-0.2, -0.15) is 4.31 Å². The molecule has 0 saturated carbocycles. The molecule has 1 aromatic carbocycles. The fourth-order valence-electron chi connectivity index (χ4n) is 3.04. The molecule has 158 valence electrons. The summed E-state index contributed by atoms with van der Waals surface area (Å²) in [5, 5.41) is 2.70. The number of nitrogens with zero attached hydrogens (tertiary/aromatic N) is 1. The molecule has 0 bridgehead atoms. The average molecular weight is 422 g/mol. The topological polar surface area (TPSA) is 109 Å². The van der Waals surface area contributed by atoms with Crippen LogP contribution in [0.2, 0.25) is 0 Å². The minimum atomic E-state index is -4.10. The van der Waals surface area contributed by atoms with Gasteiger partial charge in [0, 0.05) is 24.1 Å². The summed E-state index contributed by atoms with van der Waals surface area (Å²) in [6.07, 6.45) is 0.820. The first kappa shape index (κ1) is 22.6. The number of esters is 1. The summed E-state index contributed by atoms with van der Waals surface area (Å²) >= 11 is 0. The second-order valence-corrected chi connectivity index (χ2v) is 8.64. The number of hydrogen-bond donors (Lipinski definition) is 2. The van der Waals surface area contributed by atoms with Crippen LogP contribution in [0, 0.1) is 13.8 Å². The summed E-state index contributed by atoms with van der Waals surface area (Å²) < 4.78 is 32.1. The van der Waals surface area contributed by atoms with Crippen LogP contribution in [0.4, 0.5) is 5.69 Å². The molecule has 2 aromatic rings. The summed E-state index contributed by atoms with van der Waals surface area (Å²) in [7, 11) is -2.80. The molecule has 0 aliphatic heterocycles. The SMILES string of the molecule is CCOC(=O)c1c(C)[nH]c(C)c1S(=O)(=O)N(C)CC(=O)Nc1cccc(CC)c1. The number of rotatable bonds is 8. The standard InChI is InChI=1S/C20H27N3O5S/c1-6-15-9-8-10-16(11-15)22-17(24)12-23(5)29(26,27)19-14(4)21-13(3)18(19)20(25)28-7-2/h8-11,21H,6-7,12H2,1-5H3,(H,22,24). The van der Waals surface area contributed by atoms with Gasteiger partial charge in [0.2, 0.25) is 15.9 Å². The molecule has 1 aromatic heterocycles. The van der Waals surface area contributed by atoms with Gasteiger partial charge < -0.3 is 15.0 Å². The molecule has 9 heteroatoms. The van der Waals surface area contributed by atoms with Crippen LogP contribution < -0.4 is 5.32 Å². The highest BCUT2D eigenvalue weighted by Crippen LogP contribution is 2.27. The third-order valence-electron chi connectivity index (χ3n) is 4.45. The molecule has 2 N–H and O–H groups in total. The van der Waals surface area contributed by atoms with Crippen LogP contribution >= 0.6 is 0 Å². The van der Waals surface area contributed by atoms with Crippen LogP contribution in [-0.2, 0) is 26.0 Å². The fraction of sp³-hybridized carbons (Fsp3) is 0.400. The van der Waals surface area contributed by atoms with E-state index in [1.807, 2.05) is 25.1 Å². The number of sulfonamides is 1. The lowest BCUT2D eigenvalue weighted by molar-refractivity contribution is -0.116. The third-order valence-corrected chi connectivity index (χ3v) is 6.43. The van der Waals surface area contributed by atoms with E-state index in [-0.39, 0.29) is 17.1 Å². The summed E-state index contributed by atoms with van der Waals surface area (Å²) in [6, 6.07) is 7.35. The first-order valence-electron chi connectivity index (χ1n) is 9.33. The smallest absolute Gasteiger partial charge is 0.341 e. The lowest BCUT2D eigenvalue weighted by atomic mass is 10.1. The largest absolute Gasteiger partial charge is 0.462 e. The Morgan fingerprint density at radius 1 is 1.17 bits per heavy atom. The number of aryl methyl sites for hydroxylation is 3. The number of benzene rings is 1. The number of amides is 1. The predicted molar refractivity (Wildman–Crippen MR) is 110 cm³/mol. The van der Waals surface area contributed by atoms with Crippen molar-refractivity contribution in [1.29, 1.82) is 0 Å². The molecule has 8 nitrogen and oxygen atoms in total. The van der Waals surface area contributed by atoms with Crippen molar-refractivity contribution in [3.05, 3.63) is 46.8 Å². The Balaban J connectivity index is 2.25. The van der Waals surface area contributed by atoms with E-state index < -0.39 is 28.4 Å². The molecule has 29 heavy (non-hydrogen) atoms. The Hall–Kier alpha value is -2.65. The molecule has 0 radical (unpaired) electrons. The minimum Gasteiger partial charge on any atom is -0.462 e. The molecule has 0 saturated heterocycles. The van der Waals surface area contributed by atoms with Crippen molar-refractivity contribution in [3.63, 3.8) is 0 Å². The van der Waals surface area contributed by atoms with E-state index in [2.05, 4.69) is 10.3 Å². The number of likely N-dealkylation sites (N-methyl/N-ethyl adjacent to an activating group) is 1. The van der Waals surface area contributed by atoms with E-state index in [1.165, 1.54) is 7.05 Å². The highest BCUT2D eigenvalue weighted by molar-refractivity contribution is 7.89. The normalized spacial score (nSPS) is 11.5. The van der Waals surface area contributed by atoms with Gasteiger partial charge in [0.15, 0.2) is 0 Å². The van der Waals surface area contributed by atoms with Crippen LogP contribution in [0.15, 0.2) is 29.2 Å². The molecule has 0 unspecified atom stereocenters.